The van der Waals surface area contributed by atoms with Gasteiger partial charge < -0.3 is 14.8 Å². The molecule has 1 amide bonds. The highest BCUT2D eigenvalue weighted by atomic mass is 79.9. The van der Waals surface area contributed by atoms with E-state index < -0.39 is 0 Å². The van der Waals surface area contributed by atoms with E-state index in [2.05, 4.69) is 38.4 Å². The molecule has 140 valence electrons. The number of rotatable bonds is 7. The molecule has 1 aliphatic rings. The molecule has 0 aromatic heterocycles. The van der Waals surface area contributed by atoms with E-state index in [-0.39, 0.29) is 11.6 Å². The number of amides is 1. The highest BCUT2D eigenvalue weighted by molar-refractivity contribution is 9.10. The number of anilines is 1. The molecule has 3 rings (SSSR count). The van der Waals surface area contributed by atoms with Crippen LogP contribution in [-0.2, 0) is 4.79 Å². The Bertz CT molecular complexity index is 909. The van der Waals surface area contributed by atoms with Crippen molar-refractivity contribution in [3.05, 3.63) is 52.0 Å². The predicted octanol–water partition coefficient (Wildman–Crippen LogP) is 4.41. The van der Waals surface area contributed by atoms with Crippen molar-refractivity contribution in [1.29, 1.82) is 0 Å². The summed E-state index contributed by atoms with van der Waals surface area (Å²) >= 11 is 3.40. The van der Waals surface area contributed by atoms with Crippen molar-refractivity contribution in [3.63, 3.8) is 0 Å². The molecule has 1 N–H and O–H groups in total. The monoisotopic (exact) mass is 429 g/mol. The molecule has 0 saturated heterocycles. The van der Waals surface area contributed by atoms with Crippen LogP contribution in [0.3, 0.4) is 0 Å². The van der Waals surface area contributed by atoms with E-state index in [1.54, 1.807) is 13.3 Å². The third-order valence-electron chi connectivity index (χ3n) is 4.01. The first-order chi connectivity index (χ1) is 13.1. The summed E-state index contributed by atoms with van der Waals surface area (Å²) in [6.45, 7) is 2.77. The summed E-state index contributed by atoms with van der Waals surface area (Å²) in [5, 5.41) is 10.9. The van der Waals surface area contributed by atoms with Crippen molar-refractivity contribution in [1.82, 2.24) is 0 Å². The molecule has 27 heavy (non-hydrogen) atoms. The van der Waals surface area contributed by atoms with Gasteiger partial charge in [0.25, 0.3) is 5.91 Å². The zero-order valence-corrected chi connectivity index (χ0v) is 16.7. The number of carbonyl (C=O) groups is 1. The summed E-state index contributed by atoms with van der Waals surface area (Å²) in [7, 11) is 1.60. The van der Waals surface area contributed by atoms with Crippen LogP contribution in [0.15, 0.2) is 51.1 Å². The number of halogens is 1. The van der Waals surface area contributed by atoms with Crippen LogP contribution in [0.1, 0.15) is 30.9 Å². The molecule has 0 aliphatic carbocycles. The molecule has 0 radical (unpaired) electrons. The number of ether oxygens (including phenoxy) is 2. The molecular weight excluding hydrogens is 410 g/mol. The molecule has 0 bridgehead atoms. The molecule has 0 spiro atoms. The number of hydrogen-bond acceptors (Lipinski definition) is 5. The van der Waals surface area contributed by atoms with E-state index >= 15 is 0 Å². The number of benzene rings is 2. The van der Waals surface area contributed by atoms with Crippen molar-refractivity contribution < 1.29 is 14.3 Å². The third kappa shape index (κ3) is 4.54. The van der Waals surface area contributed by atoms with Crippen molar-refractivity contribution in [3.8, 4) is 11.5 Å². The van der Waals surface area contributed by atoms with Gasteiger partial charge in [0, 0.05) is 10.0 Å². The number of unbranched alkanes of at least 4 members (excludes halogenated alkanes) is 1. The average molecular weight is 430 g/mol. The normalized spacial score (nSPS) is 14.5. The van der Waals surface area contributed by atoms with E-state index in [9.17, 15) is 4.79 Å². The van der Waals surface area contributed by atoms with Gasteiger partial charge in [-0.15, -0.1) is 5.10 Å². The molecule has 0 saturated carbocycles. The van der Waals surface area contributed by atoms with Gasteiger partial charge in [0.2, 0.25) is 0 Å². The van der Waals surface area contributed by atoms with E-state index in [1.165, 1.54) is 0 Å². The molecular formula is C20H20BrN3O3. The molecule has 1 aliphatic heterocycles. The van der Waals surface area contributed by atoms with Gasteiger partial charge in [0.1, 0.15) is 0 Å². The first kappa shape index (κ1) is 19.1. The molecule has 2 aromatic rings. The van der Waals surface area contributed by atoms with E-state index in [0.717, 1.165) is 34.1 Å². The highest BCUT2D eigenvalue weighted by Crippen LogP contribution is 2.28. The number of carbonyl (C=O) groups excluding carboxylic acids is 1. The summed E-state index contributed by atoms with van der Waals surface area (Å²) in [5.74, 6) is 1.07. The fourth-order valence-electron chi connectivity index (χ4n) is 2.59. The van der Waals surface area contributed by atoms with Gasteiger partial charge in [-0.05, 0) is 48.4 Å². The Hall–Kier alpha value is -2.67. The van der Waals surface area contributed by atoms with Crippen LogP contribution >= 0.6 is 15.9 Å². The smallest absolute Gasteiger partial charge is 0.276 e. The van der Waals surface area contributed by atoms with Crippen molar-refractivity contribution >= 4 is 39.5 Å². The molecule has 0 unspecified atom stereocenters. The summed E-state index contributed by atoms with van der Waals surface area (Å²) in [4.78, 5) is 12.1. The van der Waals surface area contributed by atoms with Gasteiger partial charge in [-0.3, -0.25) is 4.79 Å². The fraction of sp³-hybridized carbons (Fsp3) is 0.250. The molecule has 6 nitrogen and oxygen atoms in total. The second-order valence-corrected chi connectivity index (χ2v) is 6.87. The Morgan fingerprint density at radius 2 is 2.04 bits per heavy atom. The Labute approximate surface area is 166 Å². The maximum absolute atomic E-state index is 12.1. The lowest BCUT2D eigenvalue weighted by Crippen LogP contribution is -2.13. The number of nitrogens with zero attached hydrogens (tertiary/aromatic N) is 2. The van der Waals surface area contributed by atoms with Gasteiger partial charge in [0.15, 0.2) is 17.2 Å². The van der Waals surface area contributed by atoms with Crippen molar-refractivity contribution in [2.24, 2.45) is 10.2 Å². The summed E-state index contributed by atoms with van der Waals surface area (Å²) in [6.07, 6.45) is 3.64. The maximum Gasteiger partial charge on any atom is 0.276 e. The minimum atomic E-state index is -0.266. The number of nitrogens with one attached hydrogen (secondary N) is 1. The summed E-state index contributed by atoms with van der Waals surface area (Å²) in [5.41, 5.74) is 2.54. The molecule has 0 atom stereocenters. The maximum atomic E-state index is 12.1. The van der Waals surface area contributed by atoms with Crippen LogP contribution in [0.2, 0.25) is 0 Å². The zero-order valence-electron chi connectivity index (χ0n) is 15.2. The zero-order chi connectivity index (χ0) is 19.2. The first-order valence-electron chi connectivity index (χ1n) is 8.65. The standard InChI is InChI=1S/C20H20BrN3O3/c1-3-4-9-27-17-8-5-13(10-18(17)26-2)12-22-24-19-15-11-14(21)6-7-16(15)23-20(19)25/h5-8,10-12H,3-4,9H2,1-2H3,(H,23,24,25)/b22-12-. The van der Waals surface area contributed by atoms with E-state index in [1.807, 2.05) is 36.4 Å². The van der Waals surface area contributed by atoms with E-state index in [4.69, 9.17) is 9.47 Å². The van der Waals surface area contributed by atoms with Crippen LogP contribution in [0, 0.1) is 0 Å². The minimum absolute atomic E-state index is 0.266. The van der Waals surface area contributed by atoms with Crippen molar-refractivity contribution in [2.45, 2.75) is 19.8 Å². The van der Waals surface area contributed by atoms with E-state index in [0.29, 0.717) is 18.1 Å². The Morgan fingerprint density at radius 1 is 1.19 bits per heavy atom. The van der Waals surface area contributed by atoms with Gasteiger partial charge >= 0.3 is 0 Å². The molecule has 2 aromatic carbocycles. The number of fused-ring (bicyclic) bond motifs is 1. The Balaban J connectivity index is 1.78. The van der Waals surface area contributed by atoms with Gasteiger partial charge in [-0.1, -0.05) is 29.3 Å². The lowest BCUT2D eigenvalue weighted by Gasteiger charge is -2.10. The lowest BCUT2D eigenvalue weighted by atomic mass is 10.1. The predicted molar refractivity (Wildman–Crippen MR) is 110 cm³/mol. The van der Waals surface area contributed by atoms with Crippen LogP contribution in [0.4, 0.5) is 5.69 Å². The second kappa shape index (κ2) is 8.81. The minimum Gasteiger partial charge on any atom is -0.493 e. The molecule has 7 heteroatoms. The van der Waals surface area contributed by atoms with Crippen LogP contribution < -0.4 is 14.8 Å². The summed E-state index contributed by atoms with van der Waals surface area (Å²) in [6, 6.07) is 11.1. The quantitative estimate of drug-likeness (QED) is 0.402. The van der Waals surface area contributed by atoms with Gasteiger partial charge in [-0.2, -0.15) is 5.10 Å². The first-order valence-corrected chi connectivity index (χ1v) is 9.44. The number of methoxy groups -OCH3 is 1. The SMILES string of the molecule is CCCCOc1ccc(/C=N\N=C2/C(=O)Nc3ccc(Br)cc32)cc1OC. The Morgan fingerprint density at radius 3 is 2.81 bits per heavy atom. The number of hydrogen-bond donors (Lipinski definition) is 1. The average Bonchev–Trinajstić information content (AvgIpc) is 2.97. The summed E-state index contributed by atoms with van der Waals surface area (Å²) < 4.78 is 12.0. The van der Waals surface area contributed by atoms with Crippen LogP contribution in [0.25, 0.3) is 0 Å². The third-order valence-corrected chi connectivity index (χ3v) is 4.50. The van der Waals surface area contributed by atoms with Gasteiger partial charge in [0.05, 0.1) is 25.6 Å². The fourth-order valence-corrected chi connectivity index (χ4v) is 2.95. The van der Waals surface area contributed by atoms with Crippen molar-refractivity contribution in [2.75, 3.05) is 19.0 Å². The highest BCUT2D eigenvalue weighted by Gasteiger charge is 2.26. The largest absolute Gasteiger partial charge is 0.493 e. The van der Waals surface area contributed by atoms with Gasteiger partial charge in [-0.25, -0.2) is 0 Å². The molecule has 1 heterocycles. The van der Waals surface area contributed by atoms with Crippen LogP contribution in [-0.4, -0.2) is 31.6 Å². The second-order valence-electron chi connectivity index (χ2n) is 5.95. The lowest BCUT2D eigenvalue weighted by molar-refractivity contribution is -0.110. The Kier molecular flexibility index (Phi) is 6.24. The van der Waals surface area contributed by atoms with Crippen LogP contribution in [0.5, 0.6) is 11.5 Å². The topological polar surface area (TPSA) is 72.3 Å². The molecule has 0 fully saturated rings.